The van der Waals surface area contributed by atoms with Gasteiger partial charge in [-0.15, -0.1) is 0 Å². The van der Waals surface area contributed by atoms with Crippen LogP contribution in [0.5, 0.6) is 0 Å². The molecule has 0 atom stereocenters. The number of nitrogens with one attached hydrogen (secondary N) is 1. The number of benzene rings is 1. The average molecular weight is 247 g/mol. The van der Waals surface area contributed by atoms with Crippen molar-refractivity contribution < 1.29 is 0 Å². The Morgan fingerprint density at radius 1 is 1.41 bits per heavy atom. The zero-order chi connectivity index (χ0) is 12.0. The predicted octanol–water partition coefficient (Wildman–Crippen LogP) is 2.80. The molecule has 0 spiro atoms. The lowest BCUT2D eigenvalue weighted by Gasteiger charge is -2.02. The van der Waals surface area contributed by atoms with Crippen LogP contribution in [-0.2, 0) is 7.05 Å². The van der Waals surface area contributed by atoms with Gasteiger partial charge >= 0.3 is 0 Å². The number of nitrogens with zero attached hydrogens (tertiary/aromatic N) is 2. The summed E-state index contributed by atoms with van der Waals surface area (Å²) in [5, 5.41) is 8.59. The third kappa shape index (κ3) is 1.41. The number of halogens is 1. The highest BCUT2D eigenvalue weighted by Crippen LogP contribution is 2.32. The molecule has 4 nitrogen and oxygen atoms in total. The maximum Gasteiger partial charge on any atom is 0.104 e. The van der Waals surface area contributed by atoms with E-state index in [4.69, 9.17) is 17.3 Å². The Hall–Kier alpha value is -1.94. The SMILES string of the molecule is Cn1c(-c2[nH]ncc2N)cc2c(Cl)cccc21. The summed E-state index contributed by atoms with van der Waals surface area (Å²) >= 11 is 6.17. The zero-order valence-corrected chi connectivity index (χ0v) is 9.99. The van der Waals surface area contributed by atoms with Crippen molar-refractivity contribution in [3.05, 3.63) is 35.5 Å². The van der Waals surface area contributed by atoms with E-state index in [0.717, 1.165) is 27.3 Å². The molecule has 5 heteroatoms. The summed E-state index contributed by atoms with van der Waals surface area (Å²) in [6.45, 7) is 0. The topological polar surface area (TPSA) is 59.6 Å². The number of hydrogen-bond acceptors (Lipinski definition) is 2. The fourth-order valence-corrected chi connectivity index (χ4v) is 2.29. The molecular formula is C12H11ClN4. The van der Waals surface area contributed by atoms with Gasteiger partial charge in [-0.3, -0.25) is 5.10 Å². The first-order valence-corrected chi connectivity index (χ1v) is 5.59. The van der Waals surface area contributed by atoms with E-state index < -0.39 is 0 Å². The molecule has 0 bridgehead atoms. The molecule has 0 saturated heterocycles. The molecule has 0 aliphatic rings. The third-order valence-corrected chi connectivity index (χ3v) is 3.29. The van der Waals surface area contributed by atoms with Crippen LogP contribution in [0.3, 0.4) is 0 Å². The summed E-state index contributed by atoms with van der Waals surface area (Å²) in [5.41, 5.74) is 9.36. The first kappa shape index (κ1) is 10.2. The zero-order valence-electron chi connectivity index (χ0n) is 9.24. The van der Waals surface area contributed by atoms with Crippen LogP contribution in [0, 0.1) is 0 Å². The van der Waals surface area contributed by atoms with E-state index in [-0.39, 0.29) is 0 Å². The lowest BCUT2D eigenvalue weighted by Crippen LogP contribution is -1.94. The standard InChI is InChI=1S/C12H11ClN4/c1-17-10-4-2-3-8(13)7(10)5-11(17)12-9(14)6-15-16-12/h2-6H,14H2,1H3,(H,15,16). The fourth-order valence-electron chi connectivity index (χ4n) is 2.06. The second kappa shape index (κ2) is 3.53. The highest BCUT2D eigenvalue weighted by atomic mass is 35.5. The normalized spacial score (nSPS) is 11.2. The van der Waals surface area contributed by atoms with Gasteiger partial charge in [0, 0.05) is 23.0 Å². The number of aromatic amines is 1. The fraction of sp³-hybridized carbons (Fsp3) is 0.0833. The Morgan fingerprint density at radius 2 is 2.24 bits per heavy atom. The van der Waals surface area contributed by atoms with Crippen molar-refractivity contribution in [2.45, 2.75) is 0 Å². The smallest absolute Gasteiger partial charge is 0.104 e. The van der Waals surface area contributed by atoms with E-state index in [2.05, 4.69) is 10.2 Å². The van der Waals surface area contributed by atoms with Crippen molar-refractivity contribution >= 4 is 28.2 Å². The van der Waals surface area contributed by atoms with Crippen molar-refractivity contribution in [2.75, 3.05) is 5.73 Å². The van der Waals surface area contributed by atoms with E-state index in [0.29, 0.717) is 5.69 Å². The van der Waals surface area contributed by atoms with E-state index in [1.54, 1.807) is 6.20 Å². The Balaban J connectivity index is 2.36. The van der Waals surface area contributed by atoms with Crippen LogP contribution < -0.4 is 5.73 Å². The Bertz CT molecular complexity index is 696. The molecule has 2 heterocycles. The molecule has 0 unspecified atom stereocenters. The van der Waals surface area contributed by atoms with Crippen LogP contribution in [0.25, 0.3) is 22.3 Å². The summed E-state index contributed by atoms with van der Waals surface area (Å²) in [6, 6.07) is 7.85. The molecule has 2 aromatic heterocycles. The molecule has 0 amide bonds. The second-order valence-corrected chi connectivity index (χ2v) is 4.37. The van der Waals surface area contributed by atoms with Gasteiger partial charge in [-0.25, -0.2) is 0 Å². The number of nitrogen functional groups attached to an aromatic ring is 1. The summed E-state index contributed by atoms with van der Waals surface area (Å²) in [5.74, 6) is 0. The van der Waals surface area contributed by atoms with Crippen molar-refractivity contribution in [3.8, 4) is 11.4 Å². The van der Waals surface area contributed by atoms with Gasteiger partial charge in [-0.2, -0.15) is 5.10 Å². The largest absolute Gasteiger partial charge is 0.396 e. The van der Waals surface area contributed by atoms with Crippen molar-refractivity contribution in [3.63, 3.8) is 0 Å². The Labute approximate surface area is 103 Å². The van der Waals surface area contributed by atoms with Crippen LogP contribution in [0.4, 0.5) is 5.69 Å². The molecule has 3 aromatic rings. The molecule has 86 valence electrons. The van der Waals surface area contributed by atoms with E-state index in [1.807, 2.05) is 35.9 Å². The highest BCUT2D eigenvalue weighted by molar-refractivity contribution is 6.35. The molecule has 0 radical (unpaired) electrons. The van der Waals surface area contributed by atoms with Gasteiger partial charge in [0.25, 0.3) is 0 Å². The number of rotatable bonds is 1. The number of hydrogen-bond donors (Lipinski definition) is 2. The van der Waals surface area contributed by atoms with Gasteiger partial charge < -0.3 is 10.3 Å². The van der Waals surface area contributed by atoms with Gasteiger partial charge in [-0.1, -0.05) is 17.7 Å². The van der Waals surface area contributed by atoms with Crippen LogP contribution in [-0.4, -0.2) is 14.8 Å². The predicted molar refractivity (Wildman–Crippen MR) is 69.9 cm³/mol. The molecule has 17 heavy (non-hydrogen) atoms. The number of aromatic nitrogens is 3. The van der Waals surface area contributed by atoms with E-state index in [9.17, 15) is 0 Å². The second-order valence-electron chi connectivity index (χ2n) is 3.96. The number of H-pyrrole nitrogens is 1. The molecule has 0 aliphatic carbocycles. The van der Waals surface area contributed by atoms with Gasteiger partial charge in [0.1, 0.15) is 5.69 Å². The third-order valence-electron chi connectivity index (χ3n) is 2.96. The van der Waals surface area contributed by atoms with E-state index >= 15 is 0 Å². The van der Waals surface area contributed by atoms with Crippen LogP contribution in [0.1, 0.15) is 0 Å². The molecule has 1 aromatic carbocycles. The van der Waals surface area contributed by atoms with Crippen LogP contribution >= 0.6 is 11.6 Å². The van der Waals surface area contributed by atoms with Crippen molar-refractivity contribution in [1.29, 1.82) is 0 Å². The minimum atomic E-state index is 0.632. The summed E-state index contributed by atoms with van der Waals surface area (Å²) < 4.78 is 2.05. The number of fused-ring (bicyclic) bond motifs is 1. The van der Waals surface area contributed by atoms with Crippen LogP contribution in [0.15, 0.2) is 30.5 Å². The monoisotopic (exact) mass is 246 g/mol. The molecular weight excluding hydrogens is 236 g/mol. The lowest BCUT2D eigenvalue weighted by atomic mass is 10.2. The number of aryl methyl sites for hydroxylation is 1. The van der Waals surface area contributed by atoms with Crippen molar-refractivity contribution in [1.82, 2.24) is 14.8 Å². The lowest BCUT2D eigenvalue weighted by molar-refractivity contribution is 0.964. The number of nitrogens with two attached hydrogens (primary N) is 1. The summed E-state index contributed by atoms with van der Waals surface area (Å²) in [6.07, 6.45) is 1.61. The molecule has 0 saturated carbocycles. The highest BCUT2D eigenvalue weighted by Gasteiger charge is 2.13. The van der Waals surface area contributed by atoms with Gasteiger partial charge in [0.15, 0.2) is 0 Å². The first-order chi connectivity index (χ1) is 8.18. The Morgan fingerprint density at radius 3 is 2.88 bits per heavy atom. The van der Waals surface area contributed by atoms with Gasteiger partial charge in [-0.05, 0) is 18.2 Å². The van der Waals surface area contributed by atoms with Crippen molar-refractivity contribution in [2.24, 2.45) is 7.05 Å². The van der Waals surface area contributed by atoms with Crippen LogP contribution in [0.2, 0.25) is 5.02 Å². The maximum absolute atomic E-state index is 6.17. The van der Waals surface area contributed by atoms with Gasteiger partial charge in [0.05, 0.1) is 17.6 Å². The summed E-state index contributed by atoms with van der Waals surface area (Å²) in [4.78, 5) is 0. The maximum atomic E-state index is 6.17. The molecule has 3 N–H and O–H groups in total. The minimum absolute atomic E-state index is 0.632. The number of anilines is 1. The quantitative estimate of drug-likeness (QED) is 0.694. The first-order valence-electron chi connectivity index (χ1n) is 5.21. The average Bonchev–Trinajstić information content (AvgIpc) is 2.85. The minimum Gasteiger partial charge on any atom is -0.396 e. The van der Waals surface area contributed by atoms with Gasteiger partial charge in [0.2, 0.25) is 0 Å². The van der Waals surface area contributed by atoms with E-state index in [1.165, 1.54) is 0 Å². The summed E-state index contributed by atoms with van der Waals surface area (Å²) in [7, 11) is 1.98. The Kier molecular flexibility index (Phi) is 2.12. The molecule has 3 rings (SSSR count). The molecule has 0 fully saturated rings. The molecule has 0 aliphatic heterocycles.